The maximum atomic E-state index is 12.6. The second kappa shape index (κ2) is 6.82. The van der Waals surface area contributed by atoms with Crippen molar-refractivity contribution in [3.05, 3.63) is 59.7 Å². The molecule has 0 bridgehead atoms. The molecule has 0 N–H and O–H groups in total. The Morgan fingerprint density at radius 2 is 1.82 bits per heavy atom. The molecule has 0 aromatic heterocycles. The first-order valence-electron chi connectivity index (χ1n) is 9.77. The van der Waals surface area contributed by atoms with Crippen molar-refractivity contribution in [3.63, 3.8) is 0 Å². The second-order valence-corrected chi connectivity index (χ2v) is 7.89. The largest absolute Gasteiger partial charge is 0.493 e. The Labute approximate surface area is 166 Å². The molecule has 148 valence electrons. The van der Waals surface area contributed by atoms with Crippen LogP contribution in [0, 0.1) is 5.92 Å². The van der Waals surface area contributed by atoms with Gasteiger partial charge in [-0.1, -0.05) is 50.2 Å². The topological polar surface area (TPSA) is 48.0 Å². The van der Waals surface area contributed by atoms with Crippen molar-refractivity contribution in [2.75, 3.05) is 31.8 Å². The van der Waals surface area contributed by atoms with E-state index in [-0.39, 0.29) is 23.8 Å². The van der Waals surface area contributed by atoms with Crippen LogP contribution in [0.2, 0.25) is 0 Å². The van der Waals surface area contributed by atoms with E-state index in [4.69, 9.17) is 14.2 Å². The summed E-state index contributed by atoms with van der Waals surface area (Å²) in [5.41, 5.74) is 2.08. The van der Waals surface area contributed by atoms with Crippen LogP contribution >= 0.6 is 0 Å². The third kappa shape index (κ3) is 2.53. The lowest BCUT2D eigenvalue weighted by molar-refractivity contribution is -0.148. The molecule has 2 aliphatic rings. The third-order valence-electron chi connectivity index (χ3n) is 6.22. The van der Waals surface area contributed by atoms with Crippen LogP contribution in [0.5, 0.6) is 5.75 Å². The predicted octanol–water partition coefficient (Wildman–Crippen LogP) is 3.86. The Bertz CT molecular complexity index is 894. The van der Waals surface area contributed by atoms with Crippen LogP contribution in [0.15, 0.2) is 48.5 Å². The molecule has 2 aromatic rings. The number of fused-ring (bicyclic) bond motifs is 4. The molecule has 5 heteroatoms. The quantitative estimate of drug-likeness (QED) is 0.753. The highest BCUT2D eigenvalue weighted by molar-refractivity contribution is 5.78. The summed E-state index contributed by atoms with van der Waals surface area (Å²) < 4.78 is 17.8. The fourth-order valence-corrected chi connectivity index (χ4v) is 4.91. The number of esters is 1. The first-order valence-corrected chi connectivity index (χ1v) is 9.77. The lowest BCUT2D eigenvalue weighted by Crippen LogP contribution is -2.65. The van der Waals surface area contributed by atoms with Crippen molar-refractivity contribution in [2.24, 2.45) is 5.92 Å². The number of anilines is 1. The van der Waals surface area contributed by atoms with Gasteiger partial charge in [-0.05, 0) is 24.6 Å². The van der Waals surface area contributed by atoms with Gasteiger partial charge in [0.1, 0.15) is 12.3 Å². The number of rotatable bonds is 4. The van der Waals surface area contributed by atoms with E-state index in [0.29, 0.717) is 13.2 Å². The highest BCUT2D eigenvalue weighted by Gasteiger charge is 2.60. The van der Waals surface area contributed by atoms with E-state index in [9.17, 15) is 4.79 Å². The zero-order valence-corrected chi connectivity index (χ0v) is 16.9. The van der Waals surface area contributed by atoms with Crippen LogP contribution in [-0.4, -0.2) is 32.8 Å². The third-order valence-corrected chi connectivity index (χ3v) is 6.22. The smallest absolute Gasteiger partial charge is 0.325 e. The number of carbonyl (C=O) groups is 1. The Morgan fingerprint density at radius 1 is 1.14 bits per heavy atom. The van der Waals surface area contributed by atoms with E-state index in [0.717, 1.165) is 17.0 Å². The Balaban J connectivity index is 1.98. The molecule has 0 radical (unpaired) electrons. The molecule has 0 unspecified atom stereocenters. The molecule has 0 amide bonds. The van der Waals surface area contributed by atoms with E-state index in [1.54, 1.807) is 7.11 Å². The number of hydrogen-bond donors (Lipinski definition) is 0. The molecule has 2 aliphatic heterocycles. The summed E-state index contributed by atoms with van der Waals surface area (Å²) in [5, 5.41) is 0. The van der Waals surface area contributed by atoms with Crippen molar-refractivity contribution < 1.29 is 19.0 Å². The second-order valence-electron chi connectivity index (χ2n) is 7.89. The van der Waals surface area contributed by atoms with Crippen LogP contribution in [0.4, 0.5) is 5.69 Å². The van der Waals surface area contributed by atoms with Crippen LogP contribution in [-0.2, 0) is 25.4 Å². The first kappa shape index (κ1) is 18.8. The zero-order valence-electron chi connectivity index (χ0n) is 16.9. The van der Waals surface area contributed by atoms with Gasteiger partial charge < -0.3 is 19.1 Å². The normalized spacial score (nSPS) is 24.4. The minimum absolute atomic E-state index is 0.00998. The number of benzene rings is 2. The van der Waals surface area contributed by atoms with Crippen molar-refractivity contribution in [1.82, 2.24) is 0 Å². The Morgan fingerprint density at radius 3 is 2.54 bits per heavy atom. The van der Waals surface area contributed by atoms with Gasteiger partial charge in [0.05, 0.1) is 19.1 Å². The molecule has 0 spiro atoms. The number of para-hydroxylation sites is 2. The zero-order chi connectivity index (χ0) is 19.9. The van der Waals surface area contributed by atoms with Gasteiger partial charge >= 0.3 is 5.97 Å². The van der Waals surface area contributed by atoms with Crippen LogP contribution in [0.3, 0.4) is 0 Å². The molecular weight excluding hydrogens is 354 g/mol. The van der Waals surface area contributed by atoms with Crippen LogP contribution < -0.4 is 9.64 Å². The minimum Gasteiger partial charge on any atom is -0.493 e. The Kier molecular flexibility index (Phi) is 4.58. The molecule has 2 atom stereocenters. The lowest BCUT2D eigenvalue weighted by atomic mass is 9.62. The minimum atomic E-state index is -0.820. The standard InChI is InChI=1S/C23H27NO4/c1-5-27-21(25)14-24-18-12-8-6-10-16(18)22(2,3)20-15-28-19-13-9-7-11-17(19)23(20,24)26-4/h6-13,20H,5,14-15H2,1-4H3/t20-,23+/m0/s1. The predicted molar refractivity (Wildman–Crippen MR) is 108 cm³/mol. The molecule has 2 aromatic carbocycles. The number of carbonyl (C=O) groups excluding carboxylic acids is 1. The molecule has 0 aliphatic carbocycles. The van der Waals surface area contributed by atoms with Gasteiger partial charge in [0.25, 0.3) is 0 Å². The van der Waals surface area contributed by atoms with Gasteiger partial charge in [-0.3, -0.25) is 4.79 Å². The number of nitrogens with zero attached hydrogens (tertiary/aromatic N) is 1. The van der Waals surface area contributed by atoms with Gasteiger partial charge in [-0.15, -0.1) is 0 Å². The fraction of sp³-hybridized carbons (Fsp3) is 0.435. The van der Waals surface area contributed by atoms with Gasteiger partial charge in [0.2, 0.25) is 0 Å². The summed E-state index contributed by atoms with van der Waals surface area (Å²) in [6, 6.07) is 16.2. The van der Waals surface area contributed by atoms with E-state index in [1.807, 2.05) is 43.3 Å². The number of ether oxygens (including phenoxy) is 3. The molecule has 0 fully saturated rings. The maximum absolute atomic E-state index is 12.6. The lowest BCUT2D eigenvalue weighted by Gasteiger charge is -2.59. The monoisotopic (exact) mass is 381 g/mol. The van der Waals surface area contributed by atoms with E-state index >= 15 is 0 Å². The van der Waals surface area contributed by atoms with E-state index in [1.165, 1.54) is 5.56 Å². The summed E-state index contributed by atoms with van der Waals surface area (Å²) in [6.07, 6.45) is 0. The van der Waals surface area contributed by atoms with E-state index < -0.39 is 5.72 Å². The molecule has 28 heavy (non-hydrogen) atoms. The van der Waals surface area contributed by atoms with Crippen molar-refractivity contribution in [2.45, 2.75) is 31.9 Å². The molecule has 5 nitrogen and oxygen atoms in total. The SMILES string of the molecule is CCOC(=O)CN1c2ccccc2C(C)(C)[C@@H]2COc3ccccc3[C@@]21OC. The van der Waals surface area contributed by atoms with Crippen molar-refractivity contribution in [3.8, 4) is 5.75 Å². The molecular formula is C23H27NO4. The Hall–Kier alpha value is -2.53. The fourth-order valence-electron chi connectivity index (χ4n) is 4.91. The van der Waals surface area contributed by atoms with Crippen LogP contribution in [0.1, 0.15) is 31.9 Å². The van der Waals surface area contributed by atoms with E-state index in [2.05, 4.69) is 30.9 Å². The molecule has 4 rings (SSSR count). The average molecular weight is 381 g/mol. The summed E-state index contributed by atoms with van der Waals surface area (Å²) >= 11 is 0. The summed E-state index contributed by atoms with van der Waals surface area (Å²) in [6.45, 7) is 7.24. The highest BCUT2D eigenvalue weighted by Crippen LogP contribution is 2.58. The van der Waals surface area contributed by atoms with Gasteiger partial charge in [0, 0.05) is 23.8 Å². The average Bonchev–Trinajstić information content (AvgIpc) is 2.71. The van der Waals surface area contributed by atoms with Crippen molar-refractivity contribution in [1.29, 1.82) is 0 Å². The van der Waals surface area contributed by atoms with Crippen LogP contribution in [0.25, 0.3) is 0 Å². The maximum Gasteiger partial charge on any atom is 0.325 e. The number of hydrogen-bond acceptors (Lipinski definition) is 5. The number of methoxy groups -OCH3 is 1. The van der Waals surface area contributed by atoms with Gasteiger partial charge in [-0.2, -0.15) is 0 Å². The summed E-state index contributed by atoms with van der Waals surface area (Å²) in [5.74, 6) is 0.519. The first-order chi connectivity index (χ1) is 13.5. The molecule has 2 heterocycles. The van der Waals surface area contributed by atoms with Gasteiger partial charge in [0.15, 0.2) is 5.72 Å². The van der Waals surface area contributed by atoms with Crippen molar-refractivity contribution >= 4 is 11.7 Å². The molecule has 0 saturated heterocycles. The van der Waals surface area contributed by atoms with Gasteiger partial charge in [-0.25, -0.2) is 0 Å². The highest BCUT2D eigenvalue weighted by atomic mass is 16.5. The summed E-state index contributed by atoms with van der Waals surface area (Å²) in [7, 11) is 1.72. The molecule has 0 saturated carbocycles. The summed E-state index contributed by atoms with van der Waals surface area (Å²) in [4.78, 5) is 14.6.